The molecule has 0 spiro atoms. The Morgan fingerprint density at radius 1 is 1.30 bits per heavy atom. The van der Waals surface area contributed by atoms with Crippen molar-refractivity contribution in [3.8, 4) is 11.5 Å². The fourth-order valence-electron chi connectivity index (χ4n) is 1.69. The zero-order chi connectivity index (χ0) is 14.8. The third-order valence-corrected chi connectivity index (χ3v) is 2.70. The Hall–Kier alpha value is -1.56. The van der Waals surface area contributed by atoms with Gasteiger partial charge in [-0.25, -0.2) is 0 Å². The van der Waals surface area contributed by atoms with Crippen molar-refractivity contribution in [1.29, 1.82) is 0 Å². The summed E-state index contributed by atoms with van der Waals surface area (Å²) in [5, 5.41) is 12.7. The molecule has 0 saturated heterocycles. The first-order valence-corrected chi connectivity index (χ1v) is 6.49. The number of rotatable bonds is 10. The van der Waals surface area contributed by atoms with Crippen LogP contribution in [0.4, 0.5) is 0 Å². The molecule has 5 heteroatoms. The fraction of sp³-hybridized carbons (Fsp3) is 0.467. The first-order chi connectivity index (χ1) is 9.71. The van der Waals surface area contributed by atoms with Gasteiger partial charge < -0.3 is 24.6 Å². The van der Waals surface area contributed by atoms with Crippen molar-refractivity contribution >= 4 is 0 Å². The first kappa shape index (κ1) is 16.5. The van der Waals surface area contributed by atoms with Crippen molar-refractivity contribution in [2.75, 3.05) is 33.9 Å². The predicted molar refractivity (Wildman–Crippen MR) is 78.3 cm³/mol. The Morgan fingerprint density at radius 3 is 2.70 bits per heavy atom. The quantitative estimate of drug-likeness (QED) is 0.501. The molecular formula is C15H23NO4. The molecule has 1 rings (SSSR count). The molecule has 1 aromatic rings. The maximum absolute atomic E-state index is 9.67. The van der Waals surface area contributed by atoms with Crippen LogP contribution in [0.3, 0.4) is 0 Å². The molecule has 0 amide bonds. The summed E-state index contributed by atoms with van der Waals surface area (Å²) >= 11 is 0. The second-order valence-electron chi connectivity index (χ2n) is 4.31. The zero-order valence-electron chi connectivity index (χ0n) is 12.1. The largest absolute Gasteiger partial charge is 0.493 e. The molecule has 2 N–H and O–H groups in total. The molecule has 0 radical (unpaired) electrons. The summed E-state index contributed by atoms with van der Waals surface area (Å²) in [6.07, 6.45) is 1.21. The topological polar surface area (TPSA) is 60.0 Å². The average molecular weight is 281 g/mol. The van der Waals surface area contributed by atoms with Crippen LogP contribution >= 0.6 is 0 Å². The number of aliphatic hydroxyl groups excluding tert-OH is 1. The van der Waals surface area contributed by atoms with E-state index < -0.39 is 6.10 Å². The van der Waals surface area contributed by atoms with Crippen molar-refractivity contribution in [2.24, 2.45) is 0 Å². The lowest BCUT2D eigenvalue weighted by Gasteiger charge is -2.13. The fourth-order valence-corrected chi connectivity index (χ4v) is 1.69. The maximum atomic E-state index is 9.67. The molecule has 0 fully saturated rings. The average Bonchev–Trinajstić information content (AvgIpc) is 2.47. The number of hydrogen-bond acceptors (Lipinski definition) is 5. The highest BCUT2D eigenvalue weighted by atomic mass is 16.5. The van der Waals surface area contributed by atoms with E-state index >= 15 is 0 Å². The lowest BCUT2D eigenvalue weighted by atomic mass is 10.2. The van der Waals surface area contributed by atoms with E-state index in [1.165, 1.54) is 0 Å². The molecule has 0 aliphatic heterocycles. The third-order valence-electron chi connectivity index (χ3n) is 2.70. The van der Waals surface area contributed by atoms with Crippen LogP contribution in [0.1, 0.15) is 5.56 Å². The second-order valence-corrected chi connectivity index (χ2v) is 4.31. The summed E-state index contributed by atoms with van der Waals surface area (Å²) < 4.78 is 15.9. The van der Waals surface area contributed by atoms with Gasteiger partial charge in [-0.15, -0.1) is 6.58 Å². The predicted octanol–water partition coefficient (Wildman–Crippen LogP) is 1.36. The Morgan fingerprint density at radius 2 is 2.05 bits per heavy atom. The van der Waals surface area contributed by atoms with Crippen molar-refractivity contribution in [3.05, 3.63) is 36.4 Å². The van der Waals surface area contributed by atoms with E-state index in [0.717, 1.165) is 5.56 Å². The molecule has 0 aromatic heterocycles. The van der Waals surface area contributed by atoms with Crippen LogP contribution in [0.2, 0.25) is 0 Å². The lowest BCUT2D eigenvalue weighted by molar-refractivity contribution is 0.0292. The van der Waals surface area contributed by atoms with Crippen LogP contribution in [0, 0.1) is 0 Å². The van der Waals surface area contributed by atoms with E-state index in [0.29, 0.717) is 31.2 Å². The first-order valence-electron chi connectivity index (χ1n) is 6.49. The van der Waals surface area contributed by atoms with Crippen molar-refractivity contribution in [3.63, 3.8) is 0 Å². The van der Waals surface area contributed by atoms with Crippen molar-refractivity contribution < 1.29 is 19.3 Å². The van der Waals surface area contributed by atoms with Crippen LogP contribution in [0.15, 0.2) is 30.9 Å². The molecule has 112 valence electrons. The minimum atomic E-state index is -0.532. The van der Waals surface area contributed by atoms with E-state index in [1.54, 1.807) is 20.3 Å². The number of hydrogen-bond donors (Lipinski definition) is 2. The molecule has 0 saturated carbocycles. The number of aliphatic hydroxyl groups is 1. The number of benzene rings is 1. The highest BCUT2D eigenvalue weighted by Gasteiger charge is 2.06. The Balaban J connectivity index is 2.36. The van der Waals surface area contributed by atoms with Crippen molar-refractivity contribution in [2.45, 2.75) is 12.7 Å². The number of nitrogens with one attached hydrogen (secondary N) is 1. The molecule has 1 atom stereocenters. The van der Waals surface area contributed by atoms with E-state index in [-0.39, 0.29) is 6.61 Å². The molecule has 0 unspecified atom stereocenters. The van der Waals surface area contributed by atoms with Gasteiger partial charge in [-0.3, -0.25) is 0 Å². The van der Waals surface area contributed by atoms with Crippen LogP contribution in [0.5, 0.6) is 11.5 Å². The highest BCUT2D eigenvalue weighted by molar-refractivity contribution is 5.42. The molecule has 0 heterocycles. The Kier molecular flexibility index (Phi) is 7.72. The van der Waals surface area contributed by atoms with Gasteiger partial charge in [-0.05, 0) is 17.7 Å². The molecule has 0 aliphatic rings. The van der Waals surface area contributed by atoms with E-state index in [2.05, 4.69) is 11.9 Å². The minimum Gasteiger partial charge on any atom is -0.493 e. The summed E-state index contributed by atoms with van der Waals surface area (Å²) in [4.78, 5) is 0. The van der Waals surface area contributed by atoms with E-state index in [1.807, 2.05) is 18.2 Å². The van der Waals surface area contributed by atoms with Gasteiger partial charge in [0, 0.05) is 13.1 Å². The van der Waals surface area contributed by atoms with Gasteiger partial charge in [-0.2, -0.15) is 0 Å². The molecule has 1 aromatic carbocycles. The highest BCUT2D eigenvalue weighted by Crippen LogP contribution is 2.27. The smallest absolute Gasteiger partial charge is 0.161 e. The van der Waals surface area contributed by atoms with Crippen LogP contribution in [0.25, 0.3) is 0 Å². The van der Waals surface area contributed by atoms with Crippen molar-refractivity contribution in [1.82, 2.24) is 5.32 Å². The second kappa shape index (κ2) is 9.36. The Bertz CT molecular complexity index is 409. The van der Waals surface area contributed by atoms with Gasteiger partial charge >= 0.3 is 0 Å². The Labute approximate surface area is 120 Å². The zero-order valence-corrected chi connectivity index (χ0v) is 12.1. The number of ether oxygens (including phenoxy) is 3. The third kappa shape index (κ3) is 5.61. The summed E-state index contributed by atoms with van der Waals surface area (Å²) in [7, 11) is 3.19. The van der Waals surface area contributed by atoms with E-state index in [4.69, 9.17) is 14.2 Å². The van der Waals surface area contributed by atoms with Gasteiger partial charge in [0.25, 0.3) is 0 Å². The maximum Gasteiger partial charge on any atom is 0.161 e. The molecule has 0 aliphatic carbocycles. The van der Waals surface area contributed by atoms with Gasteiger partial charge in [0.1, 0.15) is 0 Å². The SMILES string of the molecule is C=CCNC[C@H](O)COCc1ccc(OC)c(OC)c1. The lowest BCUT2D eigenvalue weighted by Crippen LogP contribution is -2.30. The van der Waals surface area contributed by atoms with Crippen LogP contribution < -0.4 is 14.8 Å². The van der Waals surface area contributed by atoms with Gasteiger partial charge in [-0.1, -0.05) is 12.1 Å². The molecule has 20 heavy (non-hydrogen) atoms. The standard InChI is InChI=1S/C15H23NO4/c1-4-7-16-9-13(17)11-20-10-12-5-6-14(18-2)15(8-12)19-3/h4-6,8,13,16-17H,1,7,9-11H2,2-3H3/t13-/m0/s1. The normalized spacial score (nSPS) is 11.9. The summed E-state index contributed by atoms with van der Waals surface area (Å²) in [5.41, 5.74) is 0.967. The van der Waals surface area contributed by atoms with Crippen LogP contribution in [-0.2, 0) is 11.3 Å². The van der Waals surface area contributed by atoms with Gasteiger partial charge in [0.05, 0.1) is 33.5 Å². The van der Waals surface area contributed by atoms with Gasteiger partial charge in [0.15, 0.2) is 11.5 Å². The molecule has 0 bridgehead atoms. The van der Waals surface area contributed by atoms with E-state index in [9.17, 15) is 5.11 Å². The summed E-state index contributed by atoms with van der Waals surface area (Å²) in [6.45, 7) is 5.44. The molecular weight excluding hydrogens is 258 g/mol. The number of methoxy groups -OCH3 is 2. The molecule has 5 nitrogen and oxygen atoms in total. The summed E-state index contributed by atoms with van der Waals surface area (Å²) in [6, 6.07) is 5.60. The van der Waals surface area contributed by atoms with Gasteiger partial charge in [0.2, 0.25) is 0 Å². The minimum absolute atomic E-state index is 0.276. The monoisotopic (exact) mass is 281 g/mol. The summed E-state index contributed by atoms with van der Waals surface area (Å²) in [5.74, 6) is 1.35. The van der Waals surface area contributed by atoms with Crippen LogP contribution in [-0.4, -0.2) is 45.1 Å².